The van der Waals surface area contributed by atoms with Crippen LogP contribution in [0.25, 0.3) is 0 Å². The molecule has 0 radical (unpaired) electrons. The first-order chi connectivity index (χ1) is 8.91. The van der Waals surface area contributed by atoms with Crippen molar-refractivity contribution in [2.24, 2.45) is 19.5 Å². The van der Waals surface area contributed by atoms with Crippen LogP contribution in [-0.4, -0.2) is 31.0 Å². The third-order valence-corrected chi connectivity index (χ3v) is 3.85. The van der Waals surface area contributed by atoms with Crippen molar-refractivity contribution >= 4 is 11.8 Å². The molecule has 0 aliphatic rings. The fraction of sp³-hybridized carbons (Fsp3) is 0.667. The summed E-state index contributed by atoms with van der Waals surface area (Å²) in [6.45, 7) is 6.42. The largest absolute Gasteiger partial charge is 0.481 e. The zero-order valence-electron chi connectivity index (χ0n) is 12.5. The maximum Gasteiger partial charge on any atom is 0.346 e. The number of nitrogens with zero attached hydrogens (tertiary/aromatic N) is 3. The topological polar surface area (TPSA) is 106 Å². The predicted molar refractivity (Wildman–Crippen MR) is 73.8 cm³/mol. The number of carbonyl (C=O) groups is 1. The minimum Gasteiger partial charge on any atom is -0.481 e. The molecule has 0 aliphatic carbocycles. The van der Waals surface area contributed by atoms with Crippen LogP contribution < -0.4 is 16.6 Å². The van der Waals surface area contributed by atoms with E-state index in [1.54, 1.807) is 27.7 Å². The van der Waals surface area contributed by atoms with Crippen LogP contribution in [0, 0.1) is 5.41 Å². The number of nitrogens with one attached hydrogen (secondary N) is 1. The normalized spacial score (nSPS) is 12.3. The second kappa shape index (κ2) is 4.77. The minimum absolute atomic E-state index is 0.0612. The molecule has 0 atom stereocenters. The van der Waals surface area contributed by atoms with Crippen LogP contribution in [0.2, 0.25) is 0 Å². The van der Waals surface area contributed by atoms with E-state index in [0.29, 0.717) is 0 Å². The molecule has 112 valence electrons. The molecule has 20 heavy (non-hydrogen) atoms. The lowest BCUT2D eigenvalue weighted by atomic mass is 9.74. The molecule has 1 heterocycles. The number of hydrogen-bond acceptors (Lipinski definition) is 5. The van der Waals surface area contributed by atoms with Gasteiger partial charge in [0.05, 0.1) is 5.41 Å². The van der Waals surface area contributed by atoms with Gasteiger partial charge in [-0.15, -0.1) is 5.10 Å². The fourth-order valence-electron chi connectivity index (χ4n) is 1.50. The predicted octanol–water partition coefficient (Wildman–Crippen LogP) is -0.220. The number of aliphatic carboxylic acids is 1. The zero-order chi connectivity index (χ0) is 15.9. The number of carboxylic acids is 1. The number of hydrogen-bond donors (Lipinski definition) is 2. The van der Waals surface area contributed by atoms with Gasteiger partial charge in [0, 0.05) is 19.6 Å². The number of aromatic nitrogens is 3. The SMILES string of the molecule is Cn1nc(NC(C)(C)C(C)(C)C(=O)O)c(=O)n(C)c1=O. The summed E-state index contributed by atoms with van der Waals surface area (Å²) in [6.07, 6.45) is 0. The Bertz CT molecular complexity index is 654. The molecular weight excluding hydrogens is 264 g/mol. The molecule has 8 heteroatoms. The van der Waals surface area contributed by atoms with Crippen molar-refractivity contribution in [2.45, 2.75) is 33.2 Å². The van der Waals surface area contributed by atoms with Crippen molar-refractivity contribution in [1.82, 2.24) is 14.3 Å². The fourth-order valence-corrected chi connectivity index (χ4v) is 1.50. The first kappa shape index (κ1) is 15.9. The summed E-state index contributed by atoms with van der Waals surface area (Å²) in [7, 11) is 2.76. The minimum atomic E-state index is -1.14. The molecule has 0 bridgehead atoms. The van der Waals surface area contributed by atoms with E-state index in [1.165, 1.54) is 14.1 Å². The first-order valence-electron chi connectivity index (χ1n) is 6.07. The smallest absolute Gasteiger partial charge is 0.346 e. The van der Waals surface area contributed by atoms with E-state index in [9.17, 15) is 19.5 Å². The van der Waals surface area contributed by atoms with Gasteiger partial charge in [0.1, 0.15) is 0 Å². The summed E-state index contributed by atoms with van der Waals surface area (Å²) < 4.78 is 1.94. The van der Waals surface area contributed by atoms with Gasteiger partial charge in [-0.1, -0.05) is 0 Å². The Labute approximate surface area is 116 Å². The molecule has 0 saturated carbocycles. The molecule has 0 unspecified atom stereocenters. The Morgan fingerprint density at radius 3 is 2.15 bits per heavy atom. The van der Waals surface area contributed by atoms with Crippen molar-refractivity contribution in [3.8, 4) is 0 Å². The van der Waals surface area contributed by atoms with Gasteiger partial charge in [-0.25, -0.2) is 9.48 Å². The van der Waals surface area contributed by atoms with E-state index < -0.39 is 28.2 Å². The Hall–Kier alpha value is -2.12. The molecule has 0 spiro atoms. The van der Waals surface area contributed by atoms with Crippen LogP contribution in [0.1, 0.15) is 27.7 Å². The Morgan fingerprint density at radius 2 is 1.70 bits per heavy atom. The average molecular weight is 284 g/mol. The highest BCUT2D eigenvalue weighted by Crippen LogP contribution is 2.32. The molecule has 1 rings (SSSR count). The number of aryl methyl sites for hydroxylation is 1. The van der Waals surface area contributed by atoms with E-state index in [-0.39, 0.29) is 5.82 Å². The monoisotopic (exact) mass is 284 g/mol. The number of rotatable bonds is 4. The highest BCUT2D eigenvalue weighted by Gasteiger charge is 2.44. The van der Waals surface area contributed by atoms with Crippen LogP contribution in [0.15, 0.2) is 9.59 Å². The second-order valence-corrected chi connectivity index (χ2v) is 5.80. The number of anilines is 1. The highest BCUT2D eigenvalue weighted by molar-refractivity contribution is 5.76. The summed E-state index contributed by atoms with van der Waals surface area (Å²) in [5.41, 5.74) is -3.23. The van der Waals surface area contributed by atoms with Crippen molar-refractivity contribution < 1.29 is 9.90 Å². The van der Waals surface area contributed by atoms with Crippen molar-refractivity contribution in [2.75, 3.05) is 5.32 Å². The van der Waals surface area contributed by atoms with Crippen molar-refractivity contribution in [1.29, 1.82) is 0 Å². The summed E-state index contributed by atoms with van der Waals surface area (Å²) in [4.78, 5) is 34.9. The molecule has 0 saturated heterocycles. The lowest BCUT2D eigenvalue weighted by molar-refractivity contribution is -0.149. The first-order valence-corrected chi connectivity index (χ1v) is 6.07. The molecule has 1 aromatic heterocycles. The van der Waals surface area contributed by atoms with E-state index >= 15 is 0 Å². The molecular formula is C12H20N4O4. The Morgan fingerprint density at radius 1 is 1.20 bits per heavy atom. The summed E-state index contributed by atoms with van der Waals surface area (Å²) >= 11 is 0. The third-order valence-electron chi connectivity index (χ3n) is 3.85. The lowest BCUT2D eigenvalue weighted by Gasteiger charge is -2.38. The van der Waals surface area contributed by atoms with Gasteiger partial charge >= 0.3 is 11.7 Å². The summed E-state index contributed by atoms with van der Waals surface area (Å²) in [5.74, 6) is -1.06. The van der Waals surface area contributed by atoms with Crippen LogP contribution >= 0.6 is 0 Å². The van der Waals surface area contributed by atoms with E-state index in [1.807, 2.05) is 0 Å². The highest BCUT2D eigenvalue weighted by atomic mass is 16.4. The van der Waals surface area contributed by atoms with Crippen molar-refractivity contribution in [3.05, 3.63) is 20.8 Å². The average Bonchev–Trinajstić information content (AvgIpc) is 2.32. The van der Waals surface area contributed by atoms with Crippen LogP contribution in [0.4, 0.5) is 5.82 Å². The van der Waals surface area contributed by atoms with Crippen LogP contribution in [-0.2, 0) is 18.9 Å². The summed E-state index contributed by atoms with van der Waals surface area (Å²) in [5, 5.41) is 16.0. The van der Waals surface area contributed by atoms with Gasteiger partial charge in [0.15, 0.2) is 0 Å². The van der Waals surface area contributed by atoms with Gasteiger partial charge in [0.2, 0.25) is 5.82 Å². The molecule has 0 fully saturated rings. The quantitative estimate of drug-likeness (QED) is 0.791. The maximum absolute atomic E-state index is 12.0. The van der Waals surface area contributed by atoms with Gasteiger partial charge in [-0.2, -0.15) is 0 Å². The van der Waals surface area contributed by atoms with Crippen molar-refractivity contribution in [3.63, 3.8) is 0 Å². The van der Waals surface area contributed by atoms with Crippen LogP contribution in [0.3, 0.4) is 0 Å². The van der Waals surface area contributed by atoms with E-state index in [2.05, 4.69) is 10.4 Å². The second-order valence-electron chi connectivity index (χ2n) is 5.80. The van der Waals surface area contributed by atoms with E-state index in [4.69, 9.17) is 0 Å². The Balaban J connectivity index is 3.34. The molecule has 0 aromatic carbocycles. The molecule has 8 nitrogen and oxygen atoms in total. The lowest BCUT2D eigenvalue weighted by Crippen LogP contribution is -2.52. The van der Waals surface area contributed by atoms with Gasteiger partial charge < -0.3 is 10.4 Å². The van der Waals surface area contributed by atoms with Gasteiger partial charge in [-0.05, 0) is 27.7 Å². The Kier molecular flexibility index (Phi) is 3.80. The standard InChI is InChI=1S/C12H20N4O4/c1-11(2,9(18)19)12(3,4)13-7-8(17)15(5)10(20)16(6)14-7/h1-6H3,(H,13,14)(H,18,19). The van der Waals surface area contributed by atoms with Gasteiger partial charge in [-0.3, -0.25) is 14.2 Å². The maximum atomic E-state index is 12.0. The third kappa shape index (κ3) is 2.45. The molecule has 1 aromatic rings. The molecule has 2 N–H and O–H groups in total. The zero-order valence-corrected chi connectivity index (χ0v) is 12.5. The van der Waals surface area contributed by atoms with E-state index in [0.717, 1.165) is 9.25 Å². The van der Waals surface area contributed by atoms with Crippen LogP contribution in [0.5, 0.6) is 0 Å². The molecule has 0 amide bonds. The summed E-state index contributed by atoms with van der Waals surface area (Å²) in [6, 6.07) is 0. The number of carboxylic acid groups (broad SMARTS) is 1. The molecule has 0 aliphatic heterocycles. The van der Waals surface area contributed by atoms with Gasteiger partial charge in [0.25, 0.3) is 5.56 Å².